The number of nitrogens with zero attached hydrogens (tertiary/aromatic N) is 3. The molecular weight excluding hydrogens is 418 g/mol. The predicted molar refractivity (Wildman–Crippen MR) is 128 cm³/mol. The Morgan fingerprint density at radius 3 is 2.36 bits per heavy atom. The Kier molecular flexibility index (Phi) is 7.98. The van der Waals surface area contributed by atoms with Crippen LogP contribution in [-0.2, 0) is 20.7 Å². The second-order valence-corrected chi connectivity index (χ2v) is 7.88. The molecule has 7 nitrogen and oxygen atoms in total. The minimum Gasteiger partial charge on any atom is -0.466 e. The smallest absolute Gasteiger partial charge is 0.306 e. The topological polar surface area (TPSA) is 81.5 Å². The summed E-state index contributed by atoms with van der Waals surface area (Å²) in [5.41, 5.74) is 2.28. The summed E-state index contributed by atoms with van der Waals surface area (Å²) < 4.78 is 6.54. The number of fused-ring (bicyclic) bond motifs is 1. The van der Waals surface area contributed by atoms with E-state index in [0.29, 0.717) is 28.8 Å². The van der Waals surface area contributed by atoms with E-state index < -0.39 is 12.0 Å². The molecule has 0 fully saturated rings. The van der Waals surface area contributed by atoms with Gasteiger partial charge in [-0.3, -0.25) is 19.0 Å². The normalized spacial score (nSPS) is 11.9. The summed E-state index contributed by atoms with van der Waals surface area (Å²) in [6.45, 7) is 6.04. The lowest BCUT2D eigenvalue weighted by molar-refractivity contribution is -0.145. The van der Waals surface area contributed by atoms with Gasteiger partial charge in [-0.15, -0.1) is 0 Å². The maximum absolute atomic E-state index is 13.6. The van der Waals surface area contributed by atoms with Crippen LogP contribution in [0.25, 0.3) is 16.6 Å². The molecule has 2 aromatic carbocycles. The predicted octanol–water partition coefficient (Wildman–Crippen LogP) is 4.20. The van der Waals surface area contributed by atoms with Crippen LogP contribution in [-0.4, -0.2) is 40.0 Å². The highest BCUT2D eigenvalue weighted by atomic mass is 16.5. The number of hydrogen-bond donors (Lipinski definition) is 0. The van der Waals surface area contributed by atoms with Crippen LogP contribution in [0, 0.1) is 0 Å². The molecule has 1 heterocycles. The molecule has 0 aliphatic rings. The van der Waals surface area contributed by atoms with Gasteiger partial charge in [0.2, 0.25) is 5.91 Å². The molecule has 3 aromatic rings. The molecule has 174 valence electrons. The number of amides is 1. The fourth-order valence-electron chi connectivity index (χ4n) is 3.93. The first kappa shape index (κ1) is 24.2. The highest BCUT2D eigenvalue weighted by Gasteiger charge is 2.26. The molecule has 0 radical (unpaired) electrons. The first-order valence-electron chi connectivity index (χ1n) is 11.4. The summed E-state index contributed by atoms with van der Waals surface area (Å²) in [6, 6.07) is 14.6. The number of benzene rings is 2. The van der Waals surface area contributed by atoms with E-state index >= 15 is 0 Å². The Morgan fingerprint density at radius 1 is 1.03 bits per heavy atom. The summed E-state index contributed by atoms with van der Waals surface area (Å²) in [5.74, 6) is -0.105. The maximum Gasteiger partial charge on any atom is 0.306 e. The molecule has 33 heavy (non-hydrogen) atoms. The van der Waals surface area contributed by atoms with Gasteiger partial charge in [0.25, 0.3) is 5.56 Å². The molecular formula is C26H31N3O4. The van der Waals surface area contributed by atoms with Crippen LogP contribution in [0.3, 0.4) is 0 Å². The average molecular weight is 450 g/mol. The molecule has 1 aromatic heterocycles. The van der Waals surface area contributed by atoms with Gasteiger partial charge in [-0.05, 0) is 49.6 Å². The van der Waals surface area contributed by atoms with Crippen LogP contribution in [0.1, 0.15) is 57.5 Å². The van der Waals surface area contributed by atoms with Crippen LogP contribution >= 0.6 is 0 Å². The zero-order valence-electron chi connectivity index (χ0n) is 19.7. The highest BCUT2D eigenvalue weighted by Crippen LogP contribution is 2.26. The zero-order chi connectivity index (χ0) is 24.0. The lowest BCUT2D eigenvalue weighted by Gasteiger charge is -2.29. The minimum atomic E-state index is -0.442. The van der Waals surface area contributed by atoms with Gasteiger partial charge in [0.15, 0.2) is 0 Å². The summed E-state index contributed by atoms with van der Waals surface area (Å²) in [6.07, 6.45) is 1.51. The van der Waals surface area contributed by atoms with Crippen molar-refractivity contribution >= 4 is 22.8 Å². The number of aromatic nitrogens is 2. The van der Waals surface area contributed by atoms with E-state index in [-0.39, 0.29) is 30.9 Å². The largest absolute Gasteiger partial charge is 0.466 e. The monoisotopic (exact) mass is 449 g/mol. The van der Waals surface area contributed by atoms with Crippen LogP contribution in [0.5, 0.6) is 0 Å². The summed E-state index contributed by atoms with van der Waals surface area (Å²) in [5, 5.41) is 0.520. The van der Waals surface area contributed by atoms with Gasteiger partial charge in [-0.1, -0.05) is 38.1 Å². The van der Waals surface area contributed by atoms with Crippen molar-refractivity contribution in [2.45, 2.75) is 52.5 Å². The lowest BCUT2D eigenvalue weighted by atomic mass is 10.1. The van der Waals surface area contributed by atoms with Crippen molar-refractivity contribution < 1.29 is 14.3 Å². The molecule has 0 spiro atoms. The summed E-state index contributed by atoms with van der Waals surface area (Å²) >= 11 is 0. The minimum absolute atomic E-state index is 0.0177. The Labute approximate surface area is 194 Å². The van der Waals surface area contributed by atoms with Crippen molar-refractivity contribution in [1.82, 2.24) is 14.5 Å². The van der Waals surface area contributed by atoms with Crippen molar-refractivity contribution in [3.8, 4) is 5.69 Å². The van der Waals surface area contributed by atoms with E-state index in [9.17, 15) is 14.4 Å². The first-order chi connectivity index (χ1) is 15.9. The van der Waals surface area contributed by atoms with E-state index in [1.54, 1.807) is 35.6 Å². The molecule has 0 aliphatic heterocycles. The Hall–Kier alpha value is -3.48. The Bertz CT molecular complexity index is 1180. The van der Waals surface area contributed by atoms with E-state index in [1.807, 2.05) is 43.3 Å². The number of esters is 1. The number of carbonyl (C=O) groups is 2. The highest BCUT2D eigenvalue weighted by molar-refractivity contribution is 5.82. The zero-order valence-corrected chi connectivity index (χ0v) is 19.7. The Balaban J connectivity index is 2.07. The van der Waals surface area contributed by atoms with Gasteiger partial charge in [-0.2, -0.15) is 0 Å². The van der Waals surface area contributed by atoms with Gasteiger partial charge in [-0.25, -0.2) is 4.98 Å². The van der Waals surface area contributed by atoms with Crippen LogP contribution in [0.15, 0.2) is 53.3 Å². The maximum atomic E-state index is 13.6. The number of aryl methyl sites for hydroxylation is 1. The quantitative estimate of drug-likeness (QED) is 0.457. The average Bonchev–Trinajstić information content (AvgIpc) is 2.83. The number of hydrogen-bond acceptors (Lipinski definition) is 5. The SMILES string of the molecule is CCOC(=O)CCC(=O)N(C)C(CC)c1nc2ccccc2c(=O)n1-c1ccc(CC)cc1. The van der Waals surface area contributed by atoms with E-state index in [2.05, 4.69) is 6.92 Å². The summed E-state index contributed by atoms with van der Waals surface area (Å²) in [4.78, 5) is 44.6. The van der Waals surface area contributed by atoms with Crippen molar-refractivity contribution in [3.05, 3.63) is 70.3 Å². The second-order valence-electron chi connectivity index (χ2n) is 7.88. The van der Waals surface area contributed by atoms with E-state index in [4.69, 9.17) is 9.72 Å². The number of rotatable bonds is 9. The fraction of sp³-hybridized carbons (Fsp3) is 0.385. The molecule has 0 saturated heterocycles. The third-order valence-electron chi connectivity index (χ3n) is 5.80. The van der Waals surface area contributed by atoms with Crippen molar-refractivity contribution in [3.63, 3.8) is 0 Å². The van der Waals surface area contributed by atoms with Crippen molar-refractivity contribution in [1.29, 1.82) is 0 Å². The third kappa shape index (κ3) is 5.30. The number of ether oxygens (including phenoxy) is 1. The molecule has 1 unspecified atom stereocenters. The van der Waals surface area contributed by atoms with Gasteiger partial charge >= 0.3 is 5.97 Å². The number of carbonyl (C=O) groups excluding carboxylic acids is 2. The third-order valence-corrected chi connectivity index (χ3v) is 5.80. The van der Waals surface area contributed by atoms with Crippen LogP contribution in [0.4, 0.5) is 0 Å². The summed E-state index contributed by atoms with van der Waals surface area (Å²) in [7, 11) is 1.69. The standard InChI is InChI=1S/C26H31N3O4/c1-5-18-12-14-19(15-13-18)29-25(27-21-11-9-8-10-20(21)26(29)32)22(6-2)28(4)23(30)16-17-24(31)33-7-3/h8-15,22H,5-7,16-17H2,1-4H3. The van der Waals surface area contributed by atoms with Gasteiger partial charge in [0.1, 0.15) is 5.82 Å². The molecule has 1 amide bonds. The molecule has 3 rings (SSSR count). The van der Waals surface area contributed by atoms with E-state index in [0.717, 1.165) is 6.42 Å². The Morgan fingerprint density at radius 2 is 1.73 bits per heavy atom. The molecule has 7 heteroatoms. The van der Waals surface area contributed by atoms with Crippen molar-refractivity contribution in [2.24, 2.45) is 0 Å². The van der Waals surface area contributed by atoms with E-state index in [1.165, 1.54) is 5.56 Å². The van der Waals surface area contributed by atoms with Gasteiger partial charge in [0.05, 0.1) is 35.7 Å². The van der Waals surface area contributed by atoms with Crippen molar-refractivity contribution in [2.75, 3.05) is 13.7 Å². The number of para-hydroxylation sites is 1. The first-order valence-corrected chi connectivity index (χ1v) is 11.4. The fourth-order valence-corrected chi connectivity index (χ4v) is 3.93. The molecule has 1 atom stereocenters. The molecule has 0 bridgehead atoms. The van der Waals surface area contributed by atoms with Crippen LogP contribution < -0.4 is 5.56 Å². The molecule has 0 saturated carbocycles. The van der Waals surface area contributed by atoms with Gasteiger partial charge < -0.3 is 9.64 Å². The van der Waals surface area contributed by atoms with Crippen LogP contribution in [0.2, 0.25) is 0 Å². The molecule has 0 aliphatic carbocycles. The lowest BCUT2D eigenvalue weighted by Crippen LogP contribution is -2.36. The molecule has 0 N–H and O–H groups in total. The van der Waals surface area contributed by atoms with Gasteiger partial charge in [0, 0.05) is 13.5 Å². The second kappa shape index (κ2) is 10.9.